The molecule has 0 aliphatic heterocycles. The summed E-state index contributed by atoms with van der Waals surface area (Å²) in [6.07, 6.45) is 7.18. The van der Waals surface area contributed by atoms with Gasteiger partial charge in [-0.2, -0.15) is 0 Å². The van der Waals surface area contributed by atoms with Crippen molar-refractivity contribution < 1.29 is 5.11 Å². The van der Waals surface area contributed by atoms with Gasteiger partial charge < -0.3 is 10.4 Å². The van der Waals surface area contributed by atoms with Gasteiger partial charge in [0.05, 0.1) is 0 Å². The van der Waals surface area contributed by atoms with Gasteiger partial charge >= 0.3 is 0 Å². The molecule has 2 N–H and O–H groups in total. The van der Waals surface area contributed by atoms with Gasteiger partial charge in [-0.25, -0.2) is 4.98 Å². The molecule has 3 nitrogen and oxygen atoms in total. The van der Waals surface area contributed by atoms with E-state index in [1.165, 1.54) is 10.4 Å². The molecule has 0 fully saturated rings. The Morgan fingerprint density at radius 1 is 1.25 bits per heavy atom. The maximum absolute atomic E-state index is 9.11. The van der Waals surface area contributed by atoms with E-state index in [1.807, 2.05) is 24.4 Å². The third kappa shape index (κ3) is 3.15. The molecule has 1 aromatic carbocycles. The van der Waals surface area contributed by atoms with Crippen molar-refractivity contribution in [1.82, 2.24) is 10.3 Å². The molecule has 20 heavy (non-hydrogen) atoms. The first-order valence-electron chi connectivity index (χ1n) is 6.88. The molecule has 0 bridgehead atoms. The predicted octanol–water partition coefficient (Wildman–Crippen LogP) is 2.84. The van der Waals surface area contributed by atoms with Crippen LogP contribution in [-0.4, -0.2) is 22.7 Å². The highest BCUT2D eigenvalue weighted by molar-refractivity contribution is 7.15. The second-order valence-electron chi connectivity index (χ2n) is 5.05. The Morgan fingerprint density at radius 3 is 2.85 bits per heavy atom. The fourth-order valence-corrected chi connectivity index (χ4v) is 3.27. The lowest BCUT2D eigenvalue weighted by molar-refractivity contribution is 0.246. The number of aliphatic hydroxyl groups excluding tert-OH is 1. The number of nitrogens with zero attached hydrogens (tertiary/aromatic N) is 1. The van der Waals surface area contributed by atoms with Crippen LogP contribution in [0.25, 0.3) is 10.6 Å². The Morgan fingerprint density at radius 2 is 2.10 bits per heavy atom. The first-order valence-corrected chi connectivity index (χ1v) is 7.69. The summed E-state index contributed by atoms with van der Waals surface area (Å²) in [6, 6.07) is 10.6. The lowest BCUT2D eigenvalue weighted by Gasteiger charge is -2.11. The van der Waals surface area contributed by atoms with Gasteiger partial charge in [0.25, 0.3) is 0 Å². The van der Waals surface area contributed by atoms with E-state index in [4.69, 9.17) is 5.11 Å². The van der Waals surface area contributed by atoms with Crippen molar-refractivity contribution in [3.05, 3.63) is 53.6 Å². The Bertz CT molecular complexity index is 579. The monoisotopic (exact) mass is 286 g/mol. The molecule has 1 aliphatic carbocycles. The van der Waals surface area contributed by atoms with E-state index in [-0.39, 0.29) is 6.61 Å². The van der Waals surface area contributed by atoms with E-state index in [0.29, 0.717) is 12.0 Å². The molecular weight excluding hydrogens is 268 g/mol. The molecule has 0 spiro atoms. The fraction of sp³-hybridized carbons (Fsp3) is 0.312. The maximum Gasteiger partial charge on any atom is 0.123 e. The number of aromatic nitrogens is 1. The normalized spacial score (nSPS) is 21.4. The molecule has 0 radical (unpaired) electrons. The van der Waals surface area contributed by atoms with Crippen LogP contribution >= 0.6 is 11.3 Å². The fourth-order valence-electron chi connectivity index (χ4n) is 2.40. The molecular formula is C16H18N2OS. The minimum absolute atomic E-state index is 0.243. The molecule has 0 saturated carbocycles. The topological polar surface area (TPSA) is 45.1 Å². The number of benzene rings is 1. The molecule has 104 valence electrons. The molecule has 0 amide bonds. The Labute approximate surface area is 123 Å². The number of hydrogen-bond donors (Lipinski definition) is 2. The van der Waals surface area contributed by atoms with Crippen LogP contribution in [0.1, 0.15) is 11.3 Å². The maximum atomic E-state index is 9.11. The average molecular weight is 286 g/mol. The highest BCUT2D eigenvalue weighted by Crippen LogP contribution is 2.25. The van der Waals surface area contributed by atoms with E-state index in [0.717, 1.165) is 18.0 Å². The summed E-state index contributed by atoms with van der Waals surface area (Å²) >= 11 is 1.73. The van der Waals surface area contributed by atoms with Crippen molar-refractivity contribution in [3.63, 3.8) is 0 Å². The summed E-state index contributed by atoms with van der Waals surface area (Å²) in [6.45, 7) is 1.07. The van der Waals surface area contributed by atoms with Crippen LogP contribution in [0.3, 0.4) is 0 Å². The molecule has 1 heterocycles. The van der Waals surface area contributed by atoms with Gasteiger partial charge in [-0.05, 0) is 6.42 Å². The van der Waals surface area contributed by atoms with Gasteiger partial charge in [0.15, 0.2) is 0 Å². The van der Waals surface area contributed by atoms with E-state index in [9.17, 15) is 0 Å². The van der Waals surface area contributed by atoms with E-state index < -0.39 is 0 Å². The minimum Gasteiger partial charge on any atom is -0.396 e. The first-order chi connectivity index (χ1) is 9.85. The second-order valence-corrected chi connectivity index (χ2v) is 6.16. The Kier molecular flexibility index (Phi) is 4.25. The van der Waals surface area contributed by atoms with Crippen molar-refractivity contribution in [1.29, 1.82) is 0 Å². The lowest BCUT2D eigenvalue weighted by atomic mass is 10.1. The number of thiazole rings is 1. The van der Waals surface area contributed by atoms with Crippen molar-refractivity contribution >= 4 is 11.3 Å². The summed E-state index contributed by atoms with van der Waals surface area (Å²) in [4.78, 5) is 5.72. The van der Waals surface area contributed by atoms with E-state index in [2.05, 4.69) is 34.6 Å². The van der Waals surface area contributed by atoms with Gasteiger partial charge in [0.2, 0.25) is 0 Å². The van der Waals surface area contributed by atoms with Crippen LogP contribution < -0.4 is 5.32 Å². The molecule has 0 unspecified atom stereocenters. The Hall–Kier alpha value is -1.49. The van der Waals surface area contributed by atoms with Gasteiger partial charge in [0, 0.05) is 41.7 Å². The molecule has 4 heteroatoms. The van der Waals surface area contributed by atoms with Crippen molar-refractivity contribution in [2.24, 2.45) is 5.92 Å². The van der Waals surface area contributed by atoms with Crippen LogP contribution in [0.5, 0.6) is 0 Å². The summed E-state index contributed by atoms with van der Waals surface area (Å²) in [5.74, 6) is 0.314. The van der Waals surface area contributed by atoms with Crippen LogP contribution in [0.4, 0.5) is 0 Å². The Balaban J connectivity index is 1.57. The summed E-state index contributed by atoms with van der Waals surface area (Å²) in [5.41, 5.74) is 1.17. The van der Waals surface area contributed by atoms with Gasteiger partial charge in [-0.3, -0.25) is 0 Å². The van der Waals surface area contributed by atoms with Crippen LogP contribution in [-0.2, 0) is 6.54 Å². The summed E-state index contributed by atoms with van der Waals surface area (Å²) < 4.78 is 0. The zero-order valence-corrected chi connectivity index (χ0v) is 12.0. The number of rotatable bonds is 5. The summed E-state index contributed by atoms with van der Waals surface area (Å²) in [5, 5.41) is 13.7. The zero-order chi connectivity index (χ0) is 13.8. The molecule has 2 aromatic rings. The van der Waals surface area contributed by atoms with E-state index >= 15 is 0 Å². The third-order valence-corrected chi connectivity index (χ3v) is 4.57. The molecule has 1 aliphatic rings. The molecule has 1 aromatic heterocycles. The van der Waals surface area contributed by atoms with Gasteiger partial charge in [-0.15, -0.1) is 11.3 Å². The molecule has 0 saturated heterocycles. The largest absolute Gasteiger partial charge is 0.396 e. The SMILES string of the molecule is OC[C@H]1C=C[C@@H](NCc2cnc(-c3ccccc3)s2)C1. The third-order valence-electron chi connectivity index (χ3n) is 3.52. The van der Waals surface area contributed by atoms with Crippen LogP contribution in [0, 0.1) is 5.92 Å². The smallest absolute Gasteiger partial charge is 0.123 e. The number of aliphatic hydroxyl groups is 1. The first kappa shape index (κ1) is 13.5. The van der Waals surface area contributed by atoms with Gasteiger partial charge in [-0.1, -0.05) is 42.5 Å². The second kappa shape index (κ2) is 6.31. The zero-order valence-electron chi connectivity index (χ0n) is 11.2. The molecule has 3 rings (SSSR count). The predicted molar refractivity (Wildman–Crippen MR) is 82.5 cm³/mol. The van der Waals surface area contributed by atoms with Crippen molar-refractivity contribution in [2.75, 3.05) is 6.61 Å². The number of hydrogen-bond acceptors (Lipinski definition) is 4. The van der Waals surface area contributed by atoms with E-state index in [1.54, 1.807) is 11.3 Å². The van der Waals surface area contributed by atoms with Crippen molar-refractivity contribution in [2.45, 2.75) is 19.0 Å². The molecule has 2 atom stereocenters. The highest BCUT2D eigenvalue weighted by atomic mass is 32.1. The quantitative estimate of drug-likeness (QED) is 0.831. The summed E-state index contributed by atoms with van der Waals surface area (Å²) in [7, 11) is 0. The lowest BCUT2D eigenvalue weighted by Crippen LogP contribution is -2.25. The van der Waals surface area contributed by atoms with Gasteiger partial charge in [0.1, 0.15) is 5.01 Å². The van der Waals surface area contributed by atoms with Crippen LogP contribution in [0.2, 0.25) is 0 Å². The standard InChI is InChI=1S/C16H18N2OS/c19-11-12-6-7-14(8-12)17-9-15-10-18-16(20-15)13-4-2-1-3-5-13/h1-7,10,12,14,17,19H,8-9,11H2/t12-,14+/m0/s1. The highest BCUT2D eigenvalue weighted by Gasteiger charge is 2.17. The number of nitrogens with one attached hydrogen (secondary N) is 1. The van der Waals surface area contributed by atoms with Crippen LogP contribution in [0.15, 0.2) is 48.7 Å². The van der Waals surface area contributed by atoms with Crippen molar-refractivity contribution in [3.8, 4) is 10.6 Å². The minimum atomic E-state index is 0.243. The average Bonchev–Trinajstić information content (AvgIpc) is 3.15.